The molecule has 0 N–H and O–H groups in total. The summed E-state index contributed by atoms with van der Waals surface area (Å²) in [6, 6.07) is 9.35. The average Bonchev–Trinajstić information content (AvgIpc) is 2.55. The van der Waals surface area contributed by atoms with Gasteiger partial charge in [-0.25, -0.2) is 0 Å². The van der Waals surface area contributed by atoms with Crippen molar-refractivity contribution in [2.75, 3.05) is 0 Å². The van der Waals surface area contributed by atoms with Gasteiger partial charge in [-0.05, 0) is 11.8 Å². The minimum atomic E-state index is 0. The molecule has 2 rings (SSSR count). The number of benzene rings is 1. The van der Waals surface area contributed by atoms with Gasteiger partial charge in [-0.15, -0.1) is 28.5 Å². The van der Waals surface area contributed by atoms with Gasteiger partial charge < -0.3 is 34.0 Å². The van der Waals surface area contributed by atoms with Crippen molar-refractivity contribution in [2.24, 2.45) is 0 Å². The van der Waals surface area contributed by atoms with E-state index in [1.165, 1.54) is 27.5 Å². The predicted octanol–water partition coefficient (Wildman–Crippen LogP) is -0.881. The van der Waals surface area contributed by atoms with Gasteiger partial charge in [-0.2, -0.15) is 6.07 Å². The molecule has 0 heterocycles. The molecule has 1 radical (unpaired) electrons. The molecule has 0 unspecified atom stereocenters. The summed E-state index contributed by atoms with van der Waals surface area (Å²) in [5.74, 6) is 1.21. The number of hydrogen-bond donors (Lipinski definition) is 0. The third kappa shape index (κ3) is 4.77. The van der Waals surface area contributed by atoms with Crippen molar-refractivity contribution < 1.29 is 55.7 Å². The van der Waals surface area contributed by atoms with Crippen LogP contribution in [0.15, 0.2) is 24.3 Å². The van der Waals surface area contributed by atoms with E-state index in [2.05, 4.69) is 58.9 Å². The molecule has 0 saturated heterocycles. The number of rotatable bonds is 2. The number of hydrogen-bond acceptors (Lipinski definition) is 0. The first-order valence-electron chi connectivity index (χ1n) is 6.20. The van der Waals surface area contributed by atoms with Crippen LogP contribution in [0.2, 0.25) is 0 Å². The van der Waals surface area contributed by atoms with Crippen molar-refractivity contribution in [2.45, 2.75) is 46.5 Å². The van der Waals surface area contributed by atoms with Gasteiger partial charge in [0, 0.05) is 0 Å². The number of fused-ring (bicyclic) bond motifs is 1. The Bertz CT molecular complexity index is 513. The van der Waals surface area contributed by atoms with Crippen LogP contribution in [0.1, 0.15) is 56.2 Å². The fourth-order valence-corrected chi connectivity index (χ4v) is 2.33. The Labute approximate surface area is 153 Å². The topological polar surface area (TPSA) is 0 Å². The van der Waals surface area contributed by atoms with Gasteiger partial charge in [0.1, 0.15) is 0 Å². The maximum absolute atomic E-state index is 2.39. The molecule has 0 bridgehead atoms. The van der Waals surface area contributed by atoms with E-state index in [9.17, 15) is 0 Å². The third-order valence-corrected chi connectivity index (χ3v) is 3.31. The Morgan fingerprint density at radius 1 is 0.895 bits per heavy atom. The molecule has 103 valence electrons. The zero-order valence-corrected chi connectivity index (χ0v) is 17.0. The number of halogens is 2. The Morgan fingerprint density at radius 2 is 1.47 bits per heavy atom. The first-order chi connectivity index (χ1) is 7.49. The van der Waals surface area contributed by atoms with Crippen LogP contribution >= 0.6 is 0 Å². The normalized spacial score (nSPS) is 10.1. The van der Waals surface area contributed by atoms with Crippen molar-refractivity contribution in [3.8, 4) is 0 Å². The van der Waals surface area contributed by atoms with E-state index < -0.39 is 0 Å². The molecule has 2 aromatic carbocycles. The standard InChI is InChI=1S/C16H21.2BrH.Ti/c1-10(2)13-8-14-6-12(5)7-16(14)15(9-13)11(3)4;;;/h6-11H,1-5H3;2*1H;/q-1;;;+3/p-2. The maximum Gasteiger partial charge on any atom is 3.00 e. The Morgan fingerprint density at radius 3 is 1.95 bits per heavy atom. The fourth-order valence-electron chi connectivity index (χ4n) is 2.33. The van der Waals surface area contributed by atoms with Crippen molar-refractivity contribution in [1.82, 2.24) is 0 Å². The zero-order chi connectivity index (χ0) is 11.9. The van der Waals surface area contributed by atoms with Gasteiger partial charge in [0.05, 0.1) is 0 Å². The van der Waals surface area contributed by atoms with Crippen LogP contribution in [0.5, 0.6) is 0 Å². The first-order valence-corrected chi connectivity index (χ1v) is 6.20. The van der Waals surface area contributed by atoms with E-state index in [4.69, 9.17) is 0 Å². The summed E-state index contributed by atoms with van der Waals surface area (Å²) in [5.41, 5.74) is 4.33. The van der Waals surface area contributed by atoms with Crippen molar-refractivity contribution in [3.05, 3.63) is 41.0 Å². The third-order valence-electron chi connectivity index (χ3n) is 3.31. The molecule has 0 aliphatic carbocycles. The van der Waals surface area contributed by atoms with E-state index in [0.717, 1.165) is 0 Å². The van der Waals surface area contributed by atoms with E-state index in [0.29, 0.717) is 11.8 Å². The Balaban J connectivity index is 0. The van der Waals surface area contributed by atoms with Gasteiger partial charge in [-0.1, -0.05) is 51.8 Å². The average molecular weight is 421 g/mol. The number of aryl methyl sites for hydroxylation is 1. The van der Waals surface area contributed by atoms with Crippen LogP contribution < -0.4 is 34.0 Å². The molecule has 0 aliphatic rings. The quantitative estimate of drug-likeness (QED) is 0.437. The SMILES string of the molecule is Cc1cc2c(C(C)C)cc(C(C)C)cc2[cH-]1.[Br-].[Br-].[Ti+3]. The summed E-state index contributed by atoms with van der Waals surface area (Å²) in [6.45, 7) is 11.3. The van der Waals surface area contributed by atoms with Gasteiger partial charge >= 0.3 is 21.7 Å². The van der Waals surface area contributed by atoms with Crippen molar-refractivity contribution in [3.63, 3.8) is 0 Å². The summed E-state index contributed by atoms with van der Waals surface area (Å²) < 4.78 is 0. The second-order valence-corrected chi connectivity index (χ2v) is 5.46. The smallest absolute Gasteiger partial charge is 1.00 e. The molecule has 0 spiro atoms. The van der Waals surface area contributed by atoms with Crippen molar-refractivity contribution in [1.29, 1.82) is 0 Å². The second-order valence-electron chi connectivity index (χ2n) is 5.46. The van der Waals surface area contributed by atoms with E-state index in [1.807, 2.05) is 0 Å². The molecule has 0 atom stereocenters. The van der Waals surface area contributed by atoms with Gasteiger partial charge in [0.15, 0.2) is 0 Å². The minimum absolute atomic E-state index is 0. The maximum atomic E-state index is 2.39. The van der Waals surface area contributed by atoms with Crippen LogP contribution in [0.4, 0.5) is 0 Å². The molecule has 0 nitrogen and oxygen atoms in total. The molecule has 19 heavy (non-hydrogen) atoms. The largest absolute Gasteiger partial charge is 3.00 e. The summed E-state index contributed by atoms with van der Waals surface area (Å²) in [5, 5.41) is 2.85. The van der Waals surface area contributed by atoms with Crippen LogP contribution in [-0.2, 0) is 21.7 Å². The molecule has 0 aromatic heterocycles. The van der Waals surface area contributed by atoms with Crippen LogP contribution in [0.25, 0.3) is 10.8 Å². The summed E-state index contributed by atoms with van der Waals surface area (Å²) in [6.07, 6.45) is 0. The molecule has 0 fully saturated rings. The summed E-state index contributed by atoms with van der Waals surface area (Å²) >= 11 is 0. The molecular formula is C16H21Br2Ti. The van der Waals surface area contributed by atoms with E-state index >= 15 is 0 Å². The molecule has 0 saturated carbocycles. The zero-order valence-electron chi connectivity index (χ0n) is 12.2. The van der Waals surface area contributed by atoms with Crippen LogP contribution in [-0.4, -0.2) is 0 Å². The van der Waals surface area contributed by atoms with Crippen LogP contribution in [0, 0.1) is 6.92 Å². The predicted molar refractivity (Wildman–Crippen MR) is 72.5 cm³/mol. The van der Waals surface area contributed by atoms with Gasteiger partial charge in [0.2, 0.25) is 0 Å². The molecule has 0 aliphatic heterocycles. The van der Waals surface area contributed by atoms with E-state index in [1.54, 1.807) is 0 Å². The van der Waals surface area contributed by atoms with Gasteiger partial charge in [0.25, 0.3) is 0 Å². The van der Waals surface area contributed by atoms with Crippen molar-refractivity contribution >= 4 is 10.8 Å². The minimum Gasteiger partial charge on any atom is -1.00 e. The molecule has 3 heteroatoms. The molecular weight excluding hydrogens is 400 g/mol. The summed E-state index contributed by atoms with van der Waals surface area (Å²) in [7, 11) is 0. The van der Waals surface area contributed by atoms with Gasteiger partial charge in [-0.3, -0.25) is 0 Å². The Hall–Kier alpha value is 0.504. The van der Waals surface area contributed by atoms with E-state index in [-0.39, 0.29) is 55.7 Å². The monoisotopic (exact) mass is 419 g/mol. The second kappa shape index (κ2) is 8.72. The molecule has 0 amide bonds. The first kappa shape index (κ1) is 21.8. The fraction of sp³-hybridized carbons (Fsp3) is 0.438. The van der Waals surface area contributed by atoms with Crippen LogP contribution in [0.3, 0.4) is 0 Å². The molecule has 2 aromatic rings. The Kier molecular flexibility index (Phi) is 10.00. The summed E-state index contributed by atoms with van der Waals surface area (Å²) in [4.78, 5) is 0.